The summed E-state index contributed by atoms with van der Waals surface area (Å²) in [6.45, 7) is 3.51. The van der Waals surface area contributed by atoms with Gasteiger partial charge in [-0.05, 0) is 49.1 Å². The molecule has 0 aliphatic rings. The van der Waals surface area contributed by atoms with Crippen LogP contribution in [-0.4, -0.2) is 47.9 Å². The number of aliphatic imine (C=N–C) groups is 1. The molecule has 0 aliphatic heterocycles. The van der Waals surface area contributed by atoms with Gasteiger partial charge in [-0.3, -0.25) is 4.99 Å². The van der Waals surface area contributed by atoms with Crippen molar-refractivity contribution in [2.24, 2.45) is 4.99 Å². The van der Waals surface area contributed by atoms with E-state index in [2.05, 4.69) is 28.6 Å². The van der Waals surface area contributed by atoms with E-state index in [1.807, 2.05) is 24.3 Å². The summed E-state index contributed by atoms with van der Waals surface area (Å²) in [7, 11) is 0.272. The lowest BCUT2D eigenvalue weighted by atomic mass is 10.1. The normalized spacial score (nSPS) is 11.5. The van der Waals surface area contributed by atoms with Crippen molar-refractivity contribution in [1.29, 1.82) is 0 Å². The Bertz CT molecular complexity index is 913. The van der Waals surface area contributed by atoms with E-state index in [0.29, 0.717) is 11.4 Å². The van der Waals surface area contributed by atoms with Crippen LogP contribution < -0.4 is 15.4 Å². The van der Waals surface area contributed by atoms with Gasteiger partial charge in [-0.1, -0.05) is 29.8 Å². The minimum Gasteiger partial charge on any atom is -0.496 e. The van der Waals surface area contributed by atoms with Crippen molar-refractivity contribution in [1.82, 2.24) is 10.6 Å². The van der Waals surface area contributed by atoms with Crippen molar-refractivity contribution in [2.75, 3.05) is 33.5 Å². The number of guanidine groups is 1. The molecule has 0 heterocycles. The predicted molar refractivity (Wildman–Crippen MR) is 129 cm³/mol. The minimum absolute atomic E-state index is 0. The summed E-state index contributed by atoms with van der Waals surface area (Å²) in [6.07, 6.45) is 2.82. The molecule has 0 aliphatic carbocycles. The second kappa shape index (κ2) is 12.0. The highest BCUT2D eigenvalue weighted by Gasteiger charge is 2.07. The third-order valence-electron chi connectivity index (χ3n) is 4.40. The average Bonchev–Trinajstić information content (AvgIpc) is 2.66. The van der Waals surface area contributed by atoms with Gasteiger partial charge in [0.25, 0.3) is 0 Å². The molecule has 0 bridgehead atoms. The topological polar surface area (TPSA) is 79.8 Å². The molecule has 0 radical (unpaired) electrons. The van der Waals surface area contributed by atoms with E-state index < -0.39 is 9.84 Å². The van der Waals surface area contributed by atoms with E-state index in [1.54, 1.807) is 26.3 Å². The van der Waals surface area contributed by atoms with Crippen LogP contribution in [0.1, 0.15) is 16.7 Å². The molecular formula is C21H30IN3O3S. The van der Waals surface area contributed by atoms with Crippen molar-refractivity contribution in [3.63, 3.8) is 0 Å². The SMILES string of the molecule is CN=C(NCCc1ccc(S(C)(=O)=O)cc1)NCCc1cc(C)ccc1OC.I. The Balaban J connectivity index is 0.00000420. The highest BCUT2D eigenvalue weighted by molar-refractivity contribution is 14.0. The van der Waals surface area contributed by atoms with Crippen LogP contribution in [-0.2, 0) is 22.7 Å². The van der Waals surface area contributed by atoms with Crippen molar-refractivity contribution >= 4 is 39.8 Å². The molecule has 2 aromatic rings. The first-order chi connectivity index (χ1) is 13.3. The fourth-order valence-corrected chi connectivity index (χ4v) is 3.50. The van der Waals surface area contributed by atoms with E-state index >= 15 is 0 Å². The Morgan fingerprint density at radius 2 is 1.66 bits per heavy atom. The second-order valence-electron chi connectivity index (χ2n) is 6.66. The molecule has 0 saturated carbocycles. The number of rotatable bonds is 8. The fourth-order valence-electron chi connectivity index (χ4n) is 2.87. The average molecular weight is 531 g/mol. The van der Waals surface area contributed by atoms with Gasteiger partial charge in [-0.2, -0.15) is 0 Å². The molecule has 0 unspecified atom stereocenters. The number of ether oxygens (including phenoxy) is 1. The van der Waals surface area contributed by atoms with E-state index in [0.717, 1.165) is 42.2 Å². The van der Waals surface area contributed by atoms with Gasteiger partial charge in [0.2, 0.25) is 0 Å². The molecule has 2 aromatic carbocycles. The molecule has 0 atom stereocenters. The maximum atomic E-state index is 11.5. The second-order valence-corrected chi connectivity index (χ2v) is 8.67. The highest BCUT2D eigenvalue weighted by atomic mass is 127. The van der Waals surface area contributed by atoms with Crippen LogP contribution in [0.2, 0.25) is 0 Å². The van der Waals surface area contributed by atoms with Crippen LogP contribution >= 0.6 is 24.0 Å². The summed E-state index contributed by atoms with van der Waals surface area (Å²) in [4.78, 5) is 4.58. The lowest BCUT2D eigenvalue weighted by Gasteiger charge is -2.13. The van der Waals surface area contributed by atoms with E-state index in [1.165, 1.54) is 11.8 Å². The van der Waals surface area contributed by atoms with E-state index in [-0.39, 0.29) is 24.0 Å². The summed E-state index contributed by atoms with van der Waals surface area (Å²) < 4.78 is 28.4. The molecule has 0 spiro atoms. The fraction of sp³-hybridized carbons (Fsp3) is 0.381. The van der Waals surface area contributed by atoms with Gasteiger partial charge in [0, 0.05) is 26.4 Å². The lowest BCUT2D eigenvalue weighted by Crippen LogP contribution is -2.39. The number of nitrogens with zero attached hydrogens (tertiary/aromatic N) is 1. The first-order valence-electron chi connectivity index (χ1n) is 9.20. The molecule has 0 saturated heterocycles. The maximum absolute atomic E-state index is 11.5. The number of halogens is 1. The number of sulfone groups is 1. The van der Waals surface area contributed by atoms with Gasteiger partial charge in [0.1, 0.15) is 5.75 Å². The zero-order valence-electron chi connectivity index (χ0n) is 17.4. The highest BCUT2D eigenvalue weighted by Crippen LogP contribution is 2.19. The Morgan fingerprint density at radius 1 is 1.03 bits per heavy atom. The van der Waals surface area contributed by atoms with Gasteiger partial charge < -0.3 is 15.4 Å². The number of methoxy groups -OCH3 is 1. The van der Waals surface area contributed by atoms with Gasteiger partial charge in [0.15, 0.2) is 15.8 Å². The van der Waals surface area contributed by atoms with Crippen LogP contribution in [0.4, 0.5) is 0 Å². The molecule has 0 aromatic heterocycles. The Labute approximate surface area is 191 Å². The van der Waals surface area contributed by atoms with E-state index in [9.17, 15) is 8.42 Å². The smallest absolute Gasteiger partial charge is 0.190 e. The largest absolute Gasteiger partial charge is 0.496 e. The van der Waals surface area contributed by atoms with Gasteiger partial charge in [-0.25, -0.2) is 8.42 Å². The molecule has 160 valence electrons. The maximum Gasteiger partial charge on any atom is 0.190 e. The van der Waals surface area contributed by atoms with Crippen LogP contribution in [0, 0.1) is 6.92 Å². The Hall–Kier alpha value is -1.81. The van der Waals surface area contributed by atoms with Crippen LogP contribution in [0.5, 0.6) is 5.75 Å². The summed E-state index contributed by atoms with van der Waals surface area (Å²) in [5.74, 6) is 1.63. The van der Waals surface area contributed by atoms with Gasteiger partial charge in [0.05, 0.1) is 12.0 Å². The standard InChI is InChI=1S/C21H29N3O3S.HI/c1-16-5-10-20(27-3)18(15-16)12-14-24-21(22-2)23-13-11-17-6-8-19(9-7-17)28(4,25)26;/h5-10,15H,11-14H2,1-4H3,(H2,22,23,24);1H. The van der Waals surface area contributed by atoms with Crippen molar-refractivity contribution in [3.8, 4) is 5.75 Å². The monoisotopic (exact) mass is 531 g/mol. The Kier molecular flexibility index (Phi) is 10.5. The zero-order valence-corrected chi connectivity index (χ0v) is 20.5. The molecule has 0 amide bonds. The van der Waals surface area contributed by atoms with Crippen LogP contribution in [0.25, 0.3) is 0 Å². The lowest BCUT2D eigenvalue weighted by molar-refractivity contribution is 0.409. The molecule has 2 N–H and O–H groups in total. The van der Waals surface area contributed by atoms with Crippen LogP contribution in [0.15, 0.2) is 52.4 Å². The van der Waals surface area contributed by atoms with Crippen LogP contribution in [0.3, 0.4) is 0 Å². The molecule has 29 heavy (non-hydrogen) atoms. The summed E-state index contributed by atoms with van der Waals surface area (Å²) in [5.41, 5.74) is 3.44. The number of hydrogen-bond donors (Lipinski definition) is 2. The number of hydrogen-bond acceptors (Lipinski definition) is 4. The van der Waals surface area contributed by atoms with Gasteiger partial charge in [-0.15, -0.1) is 24.0 Å². The molecule has 0 fully saturated rings. The zero-order chi connectivity index (χ0) is 20.6. The quantitative estimate of drug-likeness (QED) is 0.311. The minimum atomic E-state index is -3.15. The third kappa shape index (κ3) is 8.22. The number of nitrogens with one attached hydrogen (secondary N) is 2. The number of aryl methyl sites for hydroxylation is 1. The van der Waals surface area contributed by atoms with E-state index in [4.69, 9.17) is 4.74 Å². The number of benzene rings is 2. The first kappa shape index (κ1) is 25.2. The molecule has 2 rings (SSSR count). The van der Waals surface area contributed by atoms with Crippen molar-refractivity contribution < 1.29 is 13.2 Å². The third-order valence-corrected chi connectivity index (χ3v) is 5.53. The van der Waals surface area contributed by atoms with Crippen molar-refractivity contribution in [3.05, 3.63) is 59.2 Å². The predicted octanol–water partition coefficient (Wildman–Crippen LogP) is 2.98. The first-order valence-corrected chi connectivity index (χ1v) is 11.1. The van der Waals surface area contributed by atoms with Crippen molar-refractivity contribution in [2.45, 2.75) is 24.7 Å². The summed E-state index contributed by atoms with van der Waals surface area (Å²) in [5, 5.41) is 6.59. The Morgan fingerprint density at radius 3 is 2.21 bits per heavy atom. The molecule has 8 heteroatoms. The summed E-state index contributed by atoms with van der Waals surface area (Å²) in [6, 6.07) is 13.2. The summed E-state index contributed by atoms with van der Waals surface area (Å²) >= 11 is 0. The molecular weight excluding hydrogens is 501 g/mol. The molecule has 6 nitrogen and oxygen atoms in total. The van der Waals surface area contributed by atoms with Gasteiger partial charge >= 0.3 is 0 Å².